The molecule has 1 aliphatic rings. The number of anilines is 1. The van der Waals surface area contributed by atoms with Gasteiger partial charge < -0.3 is 10.0 Å². The number of hydrogen-bond donors (Lipinski definition) is 1. The Morgan fingerprint density at radius 1 is 1.39 bits per heavy atom. The molecule has 0 amide bonds. The van der Waals surface area contributed by atoms with Gasteiger partial charge >= 0.3 is 0 Å². The Kier molecular flexibility index (Phi) is 4.23. The van der Waals surface area contributed by atoms with Crippen molar-refractivity contribution < 1.29 is 5.11 Å². The molecule has 1 aromatic rings. The highest BCUT2D eigenvalue weighted by Crippen LogP contribution is 2.32. The minimum Gasteiger partial charge on any atom is -0.392 e. The second-order valence-corrected chi connectivity index (χ2v) is 5.43. The SMILES string of the molecule is CCCN(CC1CC1)c1nc(C)cc(C)c1CO. The van der Waals surface area contributed by atoms with Gasteiger partial charge in [-0.05, 0) is 50.7 Å². The van der Waals surface area contributed by atoms with E-state index in [1.54, 1.807) is 0 Å². The van der Waals surface area contributed by atoms with E-state index in [1.165, 1.54) is 12.8 Å². The smallest absolute Gasteiger partial charge is 0.134 e. The van der Waals surface area contributed by atoms with Gasteiger partial charge in [0.15, 0.2) is 0 Å². The molecule has 0 spiro atoms. The number of aryl methyl sites for hydroxylation is 2. The Balaban J connectivity index is 2.31. The van der Waals surface area contributed by atoms with Gasteiger partial charge in [0.2, 0.25) is 0 Å². The lowest BCUT2D eigenvalue weighted by Gasteiger charge is -2.26. The van der Waals surface area contributed by atoms with Crippen LogP contribution in [0.15, 0.2) is 6.07 Å². The number of aromatic nitrogens is 1. The third-order valence-corrected chi connectivity index (χ3v) is 3.58. The van der Waals surface area contributed by atoms with E-state index in [0.29, 0.717) is 0 Å². The molecule has 0 atom stereocenters. The van der Waals surface area contributed by atoms with Crippen LogP contribution in [-0.2, 0) is 6.61 Å². The summed E-state index contributed by atoms with van der Waals surface area (Å²) in [5, 5.41) is 9.59. The third kappa shape index (κ3) is 3.02. The molecule has 2 rings (SSSR count). The van der Waals surface area contributed by atoms with Gasteiger partial charge in [-0.3, -0.25) is 0 Å². The lowest BCUT2D eigenvalue weighted by atomic mass is 10.1. The first-order valence-corrected chi connectivity index (χ1v) is 6.98. The fourth-order valence-electron chi connectivity index (χ4n) is 2.47. The van der Waals surface area contributed by atoms with Gasteiger partial charge in [0.05, 0.1) is 6.61 Å². The van der Waals surface area contributed by atoms with E-state index < -0.39 is 0 Å². The van der Waals surface area contributed by atoms with Crippen LogP contribution >= 0.6 is 0 Å². The van der Waals surface area contributed by atoms with E-state index >= 15 is 0 Å². The van der Waals surface area contributed by atoms with Crippen LogP contribution < -0.4 is 4.90 Å². The van der Waals surface area contributed by atoms with Crippen molar-refractivity contribution in [3.05, 3.63) is 22.9 Å². The summed E-state index contributed by atoms with van der Waals surface area (Å²) in [7, 11) is 0. The zero-order chi connectivity index (χ0) is 13.1. The molecule has 0 saturated heterocycles. The van der Waals surface area contributed by atoms with Crippen LogP contribution in [0.25, 0.3) is 0 Å². The Hall–Kier alpha value is -1.09. The Bertz CT molecular complexity index is 413. The zero-order valence-corrected chi connectivity index (χ0v) is 11.7. The molecule has 1 saturated carbocycles. The molecule has 3 nitrogen and oxygen atoms in total. The minimum absolute atomic E-state index is 0.0827. The van der Waals surface area contributed by atoms with Crippen molar-refractivity contribution >= 4 is 5.82 Å². The fourth-order valence-corrected chi connectivity index (χ4v) is 2.47. The normalized spacial score (nSPS) is 14.9. The van der Waals surface area contributed by atoms with E-state index in [9.17, 15) is 5.11 Å². The van der Waals surface area contributed by atoms with Gasteiger partial charge in [-0.15, -0.1) is 0 Å². The molecule has 1 fully saturated rings. The molecule has 3 heteroatoms. The highest BCUT2D eigenvalue weighted by atomic mass is 16.3. The summed E-state index contributed by atoms with van der Waals surface area (Å²) in [5.74, 6) is 1.84. The lowest BCUT2D eigenvalue weighted by Crippen LogP contribution is -2.29. The Morgan fingerprint density at radius 2 is 2.11 bits per heavy atom. The van der Waals surface area contributed by atoms with Gasteiger partial charge in [0.25, 0.3) is 0 Å². The maximum Gasteiger partial charge on any atom is 0.134 e. The lowest BCUT2D eigenvalue weighted by molar-refractivity contribution is 0.280. The van der Waals surface area contributed by atoms with Crippen molar-refractivity contribution in [1.82, 2.24) is 4.98 Å². The maximum absolute atomic E-state index is 9.59. The van der Waals surface area contributed by atoms with Crippen molar-refractivity contribution in [3.8, 4) is 0 Å². The van der Waals surface area contributed by atoms with Gasteiger partial charge in [-0.2, -0.15) is 0 Å². The van der Waals surface area contributed by atoms with Crippen molar-refractivity contribution in [2.75, 3.05) is 18.0 Å². The molecule has 0 bridgehead atoms. The number of nitrogens with zero attached hydrogens (tertiary/aromatic N) is 2. The average molecular weight is 248 g/mol. The van der Waals surface area contributed by atoms with E-state index in [4.69, 9.17) is 0 Å². The van der Waals surface area contributed by atoms with Crippen LogP contribution in [0.3, 0.4) is 0 Å². The number of aliphatic hydroxyl groups is 1. The van der Waals surface area contributed by atoms with E-state index in [1.807, 2.05) is 6.92 Å². The summed E-state index contributed by atoms with van der Waals surface area (Å²) in [4.78, 5) is 7.03. The first kappa shape index (κ1) is 13.3. The van der Waals surface area contributed by atoms with E-state index in [-0.39, 0.29) is 6.61 Å². The fraction of sp³-hybridized carbons (Fsp3) is 0.667. The molecule has 1 aromatic heterocycles. The monoisotopic (exact) mass is 248 g/mol. The molecule has 0 unspecified atom stereocenters. The quantitative estimate of drug-likeness (QED) is 0.841. The predicted octanol–water partition coefficient (Wildman–Crippen LogP) is 2.82. The standard InChI is InChI=1S/C15H24N2O/c1-4-7-17(9-13-5-6-13)15-14(10-18)11(2)8-12(3)16-15/h8,13,18H,4-7,9-10H2,1-3H3. The molecule has 0 aromatic carbocycles. The molecule has 1 N–H and O–H groups in total. The van der Waals surface area contributed by atoms with E-state index in [0.717, 1.165) is 48.1 Å². The number of rotatable bonds is 6. The molecule has 0 aliphatic heterocycles. The van der Waals surface area contributed by atoms with Gasteiger partial charge in [-0.25, -0.2) is 4.98 Å². The van der Waals surface area contributed by atoms with Crippen molar-refractivity contribution in [3.63, 3.8) is 0 Å². The number of pyridine rings is 1. The summed E-state index contributed by atoms with van der Waals surface area (Å²) < 4.78 is 0. The summed E-state index contributed by atoms with van der Waals surface area (Å²) in [6.07, 6.45) is 3.81. The van der Waals surface area contributed by atoms with Crippen LogP contribution in [0, 0.1) is 19.8 Å². The predicted molar refractivity (Wildman–Crippen MR) is 74.9 cm³/mol. The second-order valence-electron chi connectivity index (χ2n) is 5.43. The summed E-state index contributed by atoms with van der Waals surface area (Å²) in [6, 6.07) is 2.05. The topological polar surface area (TPSA) is 36.4 Å². The van der Waals surface area contributed by atoms with Crippen LogP contribution in [0.2, 0.25) is 0 Å². The van der Waals surface area contributed by atoms with Crippen LogP contribution in [0.1, 0.15) is 43.0 Å². The molecule has 1 heterocycles. The Morgan fingerprint density at radius 3 is 2.67 bits per heavy atom. The maximum atomic E-state index is 9.59. The van der Waals surface area contributed by atoms with Crippen molar-refractivity contribution in [2.45, 2.75) is 46.6 Å². The largest absolute Gasteiger partial charge is 0.392 e. The van der Waals surface area contributed by atoms with E-state index in [2.05, 4.69) is 29.8 Å². The molecule has 18 heavy (non-hydrogen) atoms. The van der Waals surface area contributed by atoms with Gasteiger partial charge in [-0.1, -0.05) is 6.92 Å². The van der Waals surface area contributed by atoms with Crippen LogP contribution in [-0.4, -0.2) is 23.2 Å². The Labute approximate surface area is 110 Å². The van der Waals surface area contributed by atoms with Crippen LogP contribution in [0.4, 0.5) is 5.82 Å². The second kappa shape index (κ2) is 5.70. The first-order chi connectivity index (χ1) is 8.65. The van der Waals surface area contributed by atoms with Gasteiger partial charge in [0, 0.05) is 24.3 Å². The molecular formula is C15H24N2O. The highest BCUT2D eigenvalue weighted by molar-refractivity contribution is 5.51. The van der Waals surface area contributed by atoms with Crippen molar-refractivity contribution in [2.24, 2.45) is 5.92 Å². The third-order valence-electron chi connectivity index (χ3n) is 3.58. The zero-order valence-electron chi connectivity index (χ0n) is 11.7. The minimum atomic E-state index is 0.0827. The summed E-state index contributed by atoms with van der Waals surface area (Å²) in [6.45, 7) is 8.49. The van der Waals surface area contributed by atoms with Crippen molar-refractivity contribution in [1.29, 1.82) is 0 Å². The molecule has 1 aliphatic carbocycles. The van der Waals surface area contributed by atoms with Crippen LogP contribution in [0.5, 0.6) is 0 Å². The average Bonchev–Trinajstić information content (AvgIpc) is 3.11. The number of aliphatic hydroxyl groups excluding tert-OH is 1. The number of hydrogen-bond acceptors (Lipinski definition) is 3. The summed E-state index contributed by atoms with van der Waals surface area (Å²) >= 11 is 0. The molecule has 0 radical (unpaired) electrons. The van der Waals surface area contributed by atoms with Gasteiger partial charge in [0.1, 0.15) is 5.82 Å². The summed E-state index contributed by atoms with van der Waals surface area (Å²) in [5.41, 5.74) is 3.18. The molecule has 100 valence electrons. The molecular weight excluding hydrogens is 224 g/mol. The highest BCUT2D eigenvalue weighted by Gasteiger charge is 2.26. The first-order valence-electron chi connectivity index (χ1n) is 6.98.